The van der Waals surface area contributed by atoms with Crippen molar-refractivity contribution in [3.63, 3.8) is 0 Å². The molecule has 2 heterocycles. The number of imidazole rings is 1. The van der Waals surface area contributed by atoms with Crippen molar-refractivity contribution in [2.75, 3.05) is 13.1 Å². The van der Waals surface area contributed by atoms with Crippen LogP contribution in [0.5, 0.6) is 5.75 Å². The minimum absolute atomic E-state index is 0.0293. The number of hydrogen-bond donors (Lipinski definition) is 2. The molecule has 6 heteroatoms. The number of aromatic nitrogens is 2. The summed E-state index contributed by atoms with van der Waals surface area (Å²) < 4.78 is 8.20. The van der Waals surface area contributed by atoms with Crippen molar-refractivity contribution in [1.29, 1.82) is 0 Å². The molecule has 1 fully saturated rings. The number of aliphatic hydroxyl groups is 2. The van der Waals surface area contributed by atoms with E-state index in [0.717, 1.165) is 66.2 Å². The highest BCUT2D eigenvalue weighted by Gasteiger charge is 2.22. The van der Waals surface area contributed by atoms with Crippen molar-refractivity contribution in [2.24, 2.45) is 7.05 Å². The van der Waals surface area contributed by atoms with Gasteiger partial charge in [-0.05, 0) is 55.7 Å². The molecule has 0 unspecified atom stereocenters. The second kappa shape index (κ2) is 11.0. The predicted molar refractivity (Wildman–Crippen MR) is 130 cm³/mol. The van der Waals surface area contributed by atoms with Gasteiger partial charge in [0.1, 0.15) is 23.4 Å². The Labute approximate surface area is 190 Å². The lowest BCUT2D eigenvalue weighted by Gasteiger charge is -2.31. The summed E-state index contributed by atoms with van der Waals surface area (Å²) in [6.45, 7) is 11.6. The Morgan fingerprint density at radius 2 is 1.94 bits per heavy atom. The summed E-state index contributed by atoms with van der Waals surface area (Å²) in [6.07, 6.45) is 3.86. The van der Waals surface area contributed by atoms with Crippen molar-refractivity contribution >= 4 is 16.8 Å². The van der Waals surface area contributed by atoms with E-state index in [4.69, 9.17) is 9.72 Å². The van der Waals surface area contributed by atoms with Crippen LogP contribution < -0.4 is 4.74 Å². The number of aliphatic hydroxyl groups excluding tert-OH is 2. The number of benzene rings is 2. The topological polar surface area (TPSA) is 70.8 Å². The minimum Gasteiger partial charge on any atom is -0.508 e. The molecule has 3 aromatic rings. The molecule has 0 spiro atoms. The molecule has 1 saturated heterocycles. The minimum atomic E-state index is 0.0293. The number of aryl methyl sites for hydroxylation is 1. The van der Waals surface area contributed by atoms with Crippen LogP contribution in [0.1, 0.15) is 36.7 Å². The van der Waals surface area contributed by atoms with Gasteiger partial charge >= 0.3 is 0 Å². The van der Waals surface area contributed by atoms with E-state index in [0.29, 0.717) is 0 Å². The maximum absolute atomic E-state index is 9.65. The molecule has 1 aromatic heterocycles. The van der Waals surface area contributed by atoms with E-state index in [2.05, 4.69) is 22.6 Å². The molecule has 1 aliphatic heterocycles. The molecule has 0 saturated carbocycles. The first-order valence-electron chi connectivity index (χ1n) is 10.9. The van der Waals surface area contributed by atoms with Crippen LogP contribution in [0.3, 0.4) is 0 Å². The van der Waals surface area contributed by atoms with Crippen LogP contribution >= 0.6 is 0 Å². The van der Waals surface area contributed by atoms with Gasteiger partial charge in [-0.15, -0.1) is 6.58 Å². The SMILES string of the molecule is C=C(O)c1ccc2nc(CN3CCC(Oc4cccc(CO)c4)CC3)n(C)c2c1.C=CC. The number of likely N-dealkylation sites (tertiary alicyclic amines) is 1. The number of piperidine rings is 1. The van der Waals surface area contributed by atoms with Crippen LogP contribution in [0.4, 0.5) is 0 Å². The van der Waals surface area contributed by atoms with Crippen LogP contribution in [0.2, 0.25) is 0 Å². The van der Waals surface area contributed by atoms with E-state index < -0.39 is 0 Å². The summed E-state index contributed by atoms with van der Waals surface area (Å²) >= 11 is 0. The molecule has 2 N–H and O–H groups in total. The molecule has 32 heavy (non-hydrogen) atoms. The van der Waals surface area contributed by atoms with E-state index in [1.807, 2.05) is 56.4 Å². The predicted octanol–water partition coefficient (Wildman–Crippen LogP) is 4.83. The second-order valence-electron chi connectivity index (χ2n) is 8.04. The van der Waals surface area contributed by atoms with Gasteiger partial charge < -0.3 is 19.5 Å². The number of rotatable bonds is 6. The van der Waals surface area contributed by atoms with Gasteiger partial charge in [-0.1, -0.05) is 24.8 Å². The average Bonchev–Trinajstić information content (AvgIpc) is 3.10. The van der Waals surface area contributed by atoms with E-state index in [9.17, 15) is 10.2 Å². The fourth-order valence-corrected chi connectivity index (χ4v) is 3.86. The van der Waals surface area contributed by atoms with Crippen molar-refractivity contribution < 1.29 is 14.9 Å². The highest BCUT2D eigenvalue weighted by Crippen LogP contribution is 2.23. The van der Waals surface area contributed by atoms with Gasteiger partial charge in [0.05, 0.1) is 24.2 Å². The van der Waals surface area contributed by atoms with Gasteiger partial charge in [0.15, 0.2) is 0 Å². The molecule has 170 valence electrons. The summed E-state index contributed by atoms with van der Waals surface area (Å²) in [5.74, 6) is 1.91. The molecular formula is C26H33N3O3. The van der Waals surface area contributed by atoms with Crippen LogP contribution in [-0.2, 0) is 20.2 Å². The van der Waals surface area contributed by atoms with Crippen molar-refractivity contribution in [2.45, 2.75) is 39.0 Å². The number of ether oxygens (including phenoxy) is 1. The first kappa shape index (κ1) is 23.6. The molecule has 0 radical (unpaired) electrons. The molecule has 2 aromatic carbocycles. The Morgan fingerprint density at radius 1 is 1.22 bits per heavy atom. The Morgan fingerprint density at radius 3 is 2.59 bits per heavy atom. The lowest BCUT2D eigenvalue weighted by Crippen LogP contribution is -2.38. The standard InChI is InChI=1S/C23H27N3O3.C3H6/c1-16(28)18-6-7-21-22(13-18)25(2)23(24-21)14-26-10-8-19(9-11-26)29-20-5-3-4-17(12-20)15-27;1-3-2/h3-7,12-13,19,27-28H,1,8-11,14-15H2,2H3;3H,1H2,2H3. The average molecular weight is 436 g/mol. The van der Waals surface area contributed by atoms with Crippen LogP contribution in [-0.4, -0.2) is 43.9 Å². The summed E-state index contributed by atoms with van der Waals surface area (Å²) in [7, 11) is 2.01. The van der Waals surface area contributed by atoms with Gasteiger partial charge in [-0.25, -0.2) is 4.98 Å². The smallest absolute Gasteiger partial charge is 0.123 e. The third kappa shape index (κ3) is 5.78. The Bertz CT molecular complexity index is 1070. The Kier molecular flexibility index (Phi) is 8.09. The monoisotopic (exact) mass is 435 g/mol. The zero-order valence-corrected chi connectivity index (χ0v) is 19.0. The lowest BCUT2D eigenvalue weighted by atomic mass is 10.1. The van der Waals surface area contributed by atoms with Gasteiger partial charge in [0.25, 0.3) is 0 Å². The van der Waals surface area contributed by atoms with Gasteiger partial charge in [0, 0.05) is 25.7 Å². The highest BCUT2D eigenvalue weighted by atomic mass is 16.5. The normalized spacial score (nSPS) is 14.6. The number of allylic oxidation sites excluding steroid dienone is 1. The van der Waals surface area contributed by atoms with E-state index >= 15 is 0 Å². The van der Waals surface area contributed by atoms with Gasteiger partial charge in [-0.3, -0.25) is 4.90 Å². The zero-order valence-electron chi connectivity index (χ0n) is 19.0. The van der Waals surface area contributed by atoms with E-state index in [-0.39, 0.29) is 18.5 Å². The molecule has 0 amide bonds. The molecule has 0 atom stereocenters. The molecule has 0 aliphatic carbocycles. The molecule has 4 rings (SSSR count). The third-order valence-electron chi connectivity index (χ3n) is 5.59. The van der Waals surface area contributed by atoms with Crippen LogP contribution in [0, 0.1) is 0 Å². The number of nitrogens with zero attached hydrogens (tertiary/aromatic N) is 3. The van der Waals surface area contributed by atoms with Gasteiger partial charge in [0.2, 0.25) is 0 Å². The number of hydrogen-bond acceptors (Lipinski definition) is 5. The van der Waals surface area contributed by atoms with Crippen LogP contribution in [0.25, 0.3) is 16.8 Å². The third-order valence-corrected chi connectivity index (χ3v) is 5.59. The van der Waals surface area contributed by atoms with Gasteiger partial charge in [-0.2, -0.15) is 0 Å². The Hall–Kier alpha value is -3.09. The fourth-order valence-electron chi connectivity index (χ4n) is 3.86. The second-order valence-corrected chi connectivity index (χ2v) is 8.04. The van der Waals surface area contributed by atoms with Crippen LogP contribution in [0.15, 0.2) is 61.7 Å². The molecule has 1 aliphatic rings. The first-order chi connectivity index (χ1) is 15.4. The molecular weight excluding hydrogens is 402 g/mol. The largest absolute Gasteiger partial charge is 0.508 e. The Balaban J connectivity index is 0.000000913. The maximum atomic E-state index is 9.65. The maximum Gasteiger partial charge on any atom is 0.123 e. The van der Waals surface area contributed by atoms with Crippen molar-refractivity contribution in [1.82, 2.24) is 14.5 Å². The summed E-state index contributed by atoms with van der Waals surface area (Å²) in [5, 5.41) is 18.9. The fraction of sp³-hybridized carbons (Fsp3) is 0.346. The number of fused-ring (bicyclic) bond motifs is 1. The lowest BCUT2D eigenvalue weighted by molar-refractivity contribution is 0.0948. The summed E-state index contributed by atoms with van der Waals surface area (Å²) in [6, 6.07) is 13.4. The van der Waals surface area contributed by atoms with E-state index in [1.165, 1.54) is 0 Å². The molecule has 6 nitrogen and oxygen atoms in total. The quantitative estimate of drug-likeness (QED) is 0.429. The molecule has 0 bridgehead atoms. The zero-order chi connectivity index (χ0) is 23.1. The summed E-state index contributed by atoms with van der Waals surface area (Å²) in [5.41, 5.74) is 3.51. The van der Waals surface area contributed by atoms with E-state index in [1.54, 1.807) is 6.08 Å². The summed E-state index contributed by atoms with van der Waals surface area (Å²) in [4.78, 5) is 7.17. The van der Waals surface area contributed by atoms with Crippen molar-refractivity contribution in [3.8, 4) is 5.75 Å². The highest BCUT2D eigenvalue weighted by molar-refractivity contribution is 5.80. The van der Waals surface area contributed by atoms with Crippen molar-refractivity contribution in [3.05, 3.63) is 78.6 Å². The first-order valence-corrected chi connectivity index (χ1v) is 10.9.